The first-order valence-electron chi connectivity index (χ1n) is 9.46. The Morgan fingerprint density at radius 1 is 1.07 bits per heavy atom. The molecule has 0 saturated heterocycles. The van der Waals surface area contributed by atoms with Crippen LogP contribution >= 0.6 is 11.8 Å². The van der Waals surface area contributed by atoms with Crippen molar-refractivity contribution < 1.29 is 18.3 Å². The average Bonchev–Trinajstić information content (AvgIpc) is 3.24. The molecule has 2 aromatic carbocycles. The summed E-state index contributed by atoms with van der Waals surface area (Å²) >= 11 is 1.36. The van der Waals surface area contributed by atoms with E-state index in [1.54, 1.807) is 0 Å². The normalized spacial score (nSPS) is 15.5. The molecule has 1 aliphatic heterocycles. The molecule has 0 N–H and O–H groups in total. The molecule has 8 heteroatoms. The predicted octanol–water partition coefficient (Wildman–Crippen LogP) is 4.60. The second-order valence-corrected chi connectivity index (χ2v) is 7.96. The monoisotopic (exact) mass is 422 g/mol. The highest BCUT2D eigenvalue weighted by Crippen LogP contribution is 2.36. The van der Waals surface area contributed by atoms with Crippen LogP contribution in [0.5, 0.6) is 11.5 Å². The van der Waals surface area contributed by atoms with Gasteiger partial charge in [-0.1, -0.05) is 36.0 Å². The van der Waals surface area contributed by atoms with Gasteiger partial charge in [0.05, 0.1) is 0 Å². The zero-order valence-electron chi connectivity index (χ0n) is 16.4. The summed E-state index contributed by atoms with van der Waals surface area (Å²) < 4.78 is 22.8. The van der Waals surface area contributed by atoms with Crippen molar-refractivity contribution in [1.29, 1.82) is 0 Å². The van der Waals surface area contributed by atoms with Crippen LogP contribution in [-0.4, -0.2) is 16.8 Å². The SMILES string of the molecule is Cc1ccc2c(CSc3nnc([C@@H]4COc5ccccc5O4)o3)cc(=O)oc2c1C. The number of aryl methyl sites for hydroxylation is 2. The molecule has 152 valence electrons. The van der Waals surface area contributed by atoms with E-state index in [0.29, 0.717) is 40.6 Å². The van der Waals surface area contributed by atoms with E-state index in [0.717, 1.165) is 22.1 Å². The van der Waals surface area contributed by atoms with Crippen molar-refractivity contribution in [1.82, 2.24) is 10.2 Å². The first-order valence-corrected chi connectivity index (χ1v) is 10.4. The lowest BCUT2D eigenvalue weighted by Gasteiger charge is -2.23. The quantitative estimate of drug-likeness (QED) is 0.348. The smallest absolute Gasteiger partial charge is 0.336 e. The van der Waals surface area contributed by atoms with Gasteiger partial charge in [0.1, 0.15) is 12.2 Å². The first kappa shape index (κ1) is 18.7. The Morgan fingerprint density at radius 3 is 2.77 bits per heavy atom. The van der Waals surface area contributed by atoms with E-state index >= 15 is 0 Å². The van der Waals surface area contributed by atoms with Crippen molar-refractivity contribution in [2.75, 3.05) is 6.61 Å². The molecule has 1 aliphatic rings. The minimum Gasteiger partial charge on any atom is -0.485 e. The van der Waals surface area contributed by atoms with Crippen molar-refractivity contribution in [3.63, 3.8) is 0 Å². The van der Waals surface area contributed by atoms with Crippen LogP contribution in [0.3, 0.4) is 0 Å². The number of hydrogen-bond acceptors (Lipinski definition) is 8. The van der Waals surface area contributed by atoms with Crippen molar-refractivity contribution in [3.8, 4) is 11.5 Å². The third-order valence-electron chi connectivity index (χ3n) is 5.07. The zero-order chi connectivity index (χ0) is 20.7. The summed E-state index contributed by atoms with van der Waals surface area (Å²) in [6.07, 6.45) is -0.461. The molecule has 0 amide bonds. The van der Waals surface area contributed by atoms with Gasteiger partial charge in [-0.15, -0.1) is 10.2 Å². The average molecular weight is 422 g/mol. The molecule has 2 aromatic heterocycles. The maximum absolute atomic E-state index is 12.0. The molecule has 0 radical (unpaired) electrons. The maximum atomic E-state index is 12.0. The predicted molar refractivity (Wildman–Crippen MR) is 111 cm³/mol. The number of fused-ring (bicyclic) bond motifs is 2. The van der Waals surface area contributed by atoms with Crippen LogP contribution in [-0.2, 0) is 5.75 Å². The summed E-state index contributed by atoms with van der Waals surface area (Å²) in [4.78, 5) is 12.0. The summed E-state index contributed by atoms with van der Waals surface area (Å²) in [5.41, 5.74) is 3.15. The van der Waals surface area contributed by atoms with E-state index < -0.39 is 6.10 Å². The van der Waals surface area contributed by atoms with Gasteiger partial charge in [0.15, 0.2) is 11.5 Å². The van der Waals surface area contributed by atoms with E-state index in [9.17, 15) is 4.79 Å². The van der Waals surface area contributed by atoms with Crippen molar-refractivity contribution in [3.05, 3.63) is 75.5 Å². The molecule has 1 atom stereocenters. The molecule has 7 nitrogen and oxygen atoms in total. The van der Waals surface area contributed by atoms with Crippen LogP contribution in [0.15, 0.2) is 61.3 Å². The van der Waals surface area contributed by atoms with Crippen LogP contribution in [0.1, 0.15) is 28.7 Å². The van der Waals surface area contributed by atoms with Gasteiger partial charge < -0.3 is 18.3 Å². The number of thioether (sulfide) groups is 1. The van der Waals surface area contributed by atoms with Crippen LogP contribution < -0.4 is 15.1 Å². The Morgan fingerprint density at radius 2 is 1.90 bits per heavy atom. The molecule has 5 rings (SSSR count). The van der Waals surface area contributed by atoms with Gasteiger partial charge in [0, 0.05) is 17.2 Å². The molecule has 0 fully saturated rings. The third kappa shape index (κ3) is 3.43. The summed E-state index contributed by atoms with van der Waals surface area (Å²) in [6.45, 7) is 4.24. The third-order valence-corrected chi connectivity index (χ3v) is 5.94. The number of ether oxygens (including phenoxy) is 2. The van der Waals surface area contributed by atoms with Crippen LogP contribution in [0.4, 0.5) is 0 Å². The number of nitrogens with zero attached hydrogens (tertiary/aromatic N) is 2. The van der Waals surface area contributed by atoms with Crippen molar-refractivity contribution in [2.24, 2.45) is 0 Å². The lowest BCUT2D eigenvalue weighted by Crippen LogP contribution is -2.21. The highest BCUT2D eigenvalue weighted by Gasteiger charge is 2.27. The van der Waals surface area contributed by atoms with E-state index in [1.165, 1.54) is 17.8 Å². The fraction of sp³-hybridized carbons (Fsp3) is 0.227. The van der Waals surface area contributed by atoms with Gasteiger partial charge in [-0.2, -0.15) is 0 Å². The van der Waals surface area contributed by atoms with Crippen molar-refractivity contribution in [2.45, 2.75) is 30.9 Å². The van der Waals surface area contributed by atoms with Gasteiger partial charge >= 0.3 is 5.63 Å². The topological polar surface area (TPSA) is 87.6 Å². The van der Waals surface area contributed by atoms with Gasteiger partial charge in [-0.25, -0.2) is 4.79 Å². The Balaban J connectivity index is 1.35. The van der Waals surface area contributed by atoms with Gasteiger partial charge in [-0.05, 0) is 42.7 Å². The van der Waals surface area contributed by atoms with Gasteiger partial charge in [-0.3, -0.25) is 0 Å². The Kier molecular flexibility index (Phi) is 4.71. The second kappa shape index (κ2) is 7.53. The molecule has 0 aliphatic carbocycles. The number of aromatic nitrogens is 2. The Labute approximate surface area is 176 Å². The largest absolute Gasteiger partial charge is 0.485 e. The highest BCUT2D eigenvalue weighted by molar-refractivity contribution is 7.98. The summed E-state index contributed by atoms with van der Waals surface area (Å²) in [5, 5.41) is 9.52. The molecule has 3 heterocycles. The van der Waals surface area contributed by atoms with Crippen LogP contribution in [0, 0.1) is 13.8 Å². The number of para-hydroxylation sites is 2. The molecule has 4 aromatic rings. The standard InChI is InChI=1S/C22H18N2O5S/c1-12-7-8-15-14(9-19(25)28-20(15)13(12)2)11-30-22-24-23-21(29-22)18-10-26-16-5-3-4-6-17(16)27-18/h3-9,18H,10-11H2,1-2H3/t18-/m0/s1. The van der Waals surface area contributed by atoms with E-state index in [1.807, 2.05) is 50.2 Å². The molecule has 0 saturated carbocycles. The molecule has 0 bridgehead atoms. The van der Waals surface area contributed by atoms with Crippen LogP contribution in [0.25, 0.3) is 11.0 Å². The maximum Gasteiger partial charge on any atom is 0.336 e. The Hall–Kier alpha value is -3.26. The Bertz CT molecular complexity index is 1300. The van der Waals surface area contributed by atoms with Crippen molar-refractivity contribution >= 4 is 22.7 Å². The van der Waals surface area contributed by atoms with E-state index in [-0.39, 0.29) is 5.63 Å². The summed E-state index contributed by atoms with van der Waals surface area (Å²) in [6, 6.07) is 13.0. The van der Waals surface area contributed by atoms with Gasteiger partial charge in [0.25, 0.3) is 11.1 Å². The summed E-state index contributed by atoms with van der Waals surface area (Å²) in [7, 11) is 0. The minimum absolute atomic E-state index is 0.298. The van der Waals surface area contributed by atoms with E-state index in [4.69, 9.17) is 18.3 Å². The zero-order valence-corrected chi connectivity index (χ0v) is 17.2. The van der Waals surface area contributed by atoms with Crippen LogP contribution in [0.2, 0.25) is 0 Å². The summed E-state index contributed by atoms with van der Waals surface area (Å²) in [5.74, 6) is 2.20. The van der Waals surface area contributed by atoms with Gasteiger partial charge in [0.2, 0.25) is 6.10 Å². The fourth-order valence-electron chi connectivity index (χ4n) is 3.33. The molecular weight excluding hydrogens is 404 g/mol. The lowest BCUT2D eigenvalue weighted by molar-refractivity contribution is 0.0686. The molecule has 30 heavy (non-hydrogen) atoms. The number of benzene rings is 2. The number of rotatable bonds is 4. The highest BCUT2D eigenvalue weighted by atomic mass is 32.2. The second-order valence-electron chi connectivity index (χ2n) is 7.03. The fourth-order valence-corrected chi connectivity index (χ4v) is 4.09. The molecule has 0 unspecified atom stereocenters. The molecular formula is C22H18N2O5S. The molecule has 0 spiro atoms. The lowest BCUT2D eigenvalue weighted by atomic mass is 10.0. The minimum atomic E-state index is -0.461. The number of hydrogen-bond donors (Lipinski definition) is 0. The van der Waals surface area contributed by atoms with E-state index in [2.05, 4.69) is 10.2 Å². The first-order chi connectivity index (χ1) is 14.6.